The van der Waals surface area contributed by atoms with Crippen molar-refractivity contribution in [1.29, 1.82) is 0 Å². The Labute approximate surface area is 57.9 Å². The number of nitrogens with two attached hydrogens (primary N) is 1. The number of amides is 1. The van der Waals surface area contributed by atoms with Crippen LogP contribution in [0, 0.1) is 0 Å². The van der Waals surface area contributed by atoms with Crippen LogP contribution >= 0.6 is 11.8 Å². The Morgan fingerprint density at radius 2 is 2.67 bits per heavy atom. The van der Waals surface area contributed by atoms with Gasteiger partial charge in [0.05, 0.1) is 12.4 Å². The van der Waals surface area contributed by atoms with Crippen molar-refractivity contribution >= 4 is 17.7 Å². The number of hydrogen-bond donors (Lipinski definition) is 1. The Bertz CT molecular complexity index is 146. The van der Waals surface area contributed by atoms with Gasteiger partial charge >= 0.3 is 0 Å². The maximum absolute atomic E-state index is 10.3. The molecule has 0 aromatic heterocycles. The molecule has 0 fully saturated rings. The summed E-state index contributed by atoms with van der Waals surface area (Å²) < 4.78 is 0. The fourth-order valence-electron chi connectivity index (χ4n) is 0.609. The van der Waals surface area contributed by atoms with Crippen LogP contribution in [-0.4, -0.2) is 23.2 Å². The van der Waals surface area contributed by atoms with Crippen LogP contribution in [-0.2, 0) is 4.79 Å². The van der Waals surface area contributed by atoms with Gasteiger partial charge in [0.2, 0.25) is 5.91 Å². The number of rotatable bonds is 2. The molecular weight excluding hydrogens is 136 g/mol. The Morgan fingerprint density at radius 3 is 3.11 bits per heavy atom. The number of carbonyl (C=O) groups excluding carboxylic acids is 1. The third-order valence-corrected chi connectivity index (χ3v) is 1.76. The van der Waals surface area contributed by atoms with E-state index in [9.17, 15) is 4.79 Å². The van der Waals surface area contributed by atoms with Gasteiger partial charge in [0.1, 0.15) is 0 Å². The summed E-state index contributed by atoms with van der Waals surface area (Å²) in [5.41, 5.74) is 4.95. The Hall–Kier alpha value is -0.640. The fraction of sp³-hybridized carbons (Fsp3) is 0.400. The number of nitrogens with zero attached hydrogens (tertiary/aromatic N) is 1. The minimum absolute atomic E-state index is 0.276. The molecule has 1 heterocycles. The van der Waals surface area contributed by atoms with Gasteiger partial charge in [0.25, 0.3) is 0 Å². The minimum atomic E-state index is -0.276. The highest BCUT2D eigenvalue weighted by Crippen LogP contribution is 2.13. The van der Waals surface area contributed by atoms with Crippen molar-refractivity contribution in [3.63, 3.8) is 0 Å². The van der Waals surface area contributed by atoms with Crippen LogP contribution in [0.4, 0.5) is 0 Å². The molecule has 0 aromatic carbocycles. The summed E-state index contributed by atoms with van der Waals surface area (Å²) in [6.45, 7) is 0.337. The molecule has 0 bridgehead atoms. The van der Waals surface area contributed by atoms with Crippen molar-refractivity contribution in [1.82, 2.24) is 4.90 Å². The van der Waals surface area contributed by atoms with E-state index in [1.54, 1.807) is 11.8 Å². The highest BCUT2D eigenvalue weighted by atomic mass is 32.2. The van der Waals surface area contributed by atoms with Crippen molar-refractivity contribution in [3.05, 3.63) is 11.6 Å². The lowest BCUT2D eigenvalue weighted by Gasteiger charge is -2.10. The molecule has 0 unspecified atom stereocenters. The lowest BCUT2D eigenvalue weighted by molar-refractivity contribution is -0.118. The van der Waals surface area contributed by atoms with Crippen LogP contribution < -0.4 is 5.73 Å². The SMILES string of the molecule is NC(=O)CN1C=CSC1. The highest BCUT2D eigenvalue weighted by molar-refractivity contribution is 8.02. The second-order valence-corrected chi connectivity index (χ2v) is 2.66. The van der Waals surface area contributed by atoms with Crippen LogP contribution in [0.3, 0.4) is 0 Å². The van der Waals surface area contributed by atoms with E-state index in [4.69, 9.17) is 5.73 Å². The molecule has 1 aliphatic heterocycles. The van der Waals surface area contributed by atoms with Crippen molar-refractivity contribution in [2.24, 2.45) is 5.73 Å². The Morgan fingerprint density at radius 1 is 1.89 bits per heavy atom. The first-order valence-corrected chi connectivity index (χ1v) is 3.64. The number of hydrogen-bond acceptors (Lipinski definition) is 3. The Balaban J connectivity index is 2.28. The van der Waals surface area contributed by atoms with E-state index in [0.29, 0.717) is 6.54 Å². The highest BCUT2D eigenvalue weighted by Gasteiger charge is 2.05. The predicted molar refractivity (Wildman–Crippen MR) is 37.5 cm³/mol. The summed E-state index contributed by atoms with van der Waals surface area (Å²) in [7, 11) is 0. The summed E-state index contributed by atoms with van der Waals surface area (Å²) in [6.07, 6.45) is 1.87. The smallest absolute Gasteiger partial charge is 0.236 e. The molecule has 1 rings (SSSR count). The molecule has 9 heavy (non-hydrogen) atoms. The largest absolute Gasteiger partial charge is 0.368 e. The Kier molecular flexibility index (Phi) is 2.00. The zero-order chi connectivity index (χ0) is 6.69. The molecule has 0 spiro atoms. The average molecular weight is 144 g/mol. The standard InChI is InChI=1S/C5H8N2OS/c6-5(8)3-7-1-2-9-4-7/h1-2H,3-4H2,(H2,6,8). The third-order valence-electron chi connectivity index (χ3n) is 0.967. The topological polar surface area (TPSA) is 46.3 Å². The van der Waals surface area contributed by atoms with Crippen LogP contribution in [0.1, 0.15) is 0 Å². The zero-order valence-corrected chi connectivity index (χ0v) is 5.73. The first-order valence-electron chi connectivity index (χ1n) is 2.59. The number of thioether (sulfide) groups is 1. The summed E-state index contributed by atoms with van der Waals surface area (Å²) in [6, 6.07) is 0. The van der Waals surface area contributed by atoms with Gasteiger partial charge in [-0.3, -0.25) is 4.79 Å². The summed E-state index contributed by atoms with van der Waals surface area (Å²) >= 11 is 1.66. The fourth-order valence-corrected chi connectivity index (χ4v) is 1.32. The van der Waals surface area contributed by atoms with Crippen LogP contribution in [0.5, 0.6) is 0 Å². The molecular formula is C5H8N2OS. The summed E-state index contributed by atoms with van der Waals surface area (Å²) in [5, 5.41) is 1.95. The summed E-state index contributed by atoms with van der Waals surface area (Å²) in [5.74, 6) is 0.574. The average Bonchev–Trinajstić information content (AvgIpc) is 2.15. The first-order chi connectivity index (χ1) is 4.29. The number of primary amides is 1. The van der Waals surface area contributed by atoms with Gasteiger partial charge in [-0.1, -0.05) is 0 Å². The van der Waals surface area contributed by atoms with Gasteiger partial charge in [-0.25, -0.2) is 0 Å². The van der Waals surface area contributed by atoms with Crippen molar-refractivity contribution in [2.45, 2.75) is 0 Å². The quantitative estimate of drug-likeness (QED) is 0.591. The van der Waals surface area contributed by atoms with Crippen molar-refractivity contribution in [3.8, 4) is 0 Å². The molecule has 50 valence electrons. The van der Waals surface area contributed by atoms with E-state index in [1.807, 2.05) is 16.5 Å². The van der Waals surface area contributed by atoms with E-state index in [-0.39, 0.29) is 5.91 Å². The third kappa shape index (κ3) is 1.97. The maximum Gasteiger partial charge on any atom is 0.236 e. The van der Waals surface area contributed by atoms with Crippen molar-refractivity contribution in [2.75, 3.05) is 12.4 Å². The molecule has 2 N–H and O–H groups in total. The van der Waals surface area contributed by atoms with Crippen molar-refractivity contribution < 1.29 is 4.79 Å². The lowest BCUT2D eigenvalue weighted by atomic mass is 10.6. The van der Waals surface area contributed by atoms with E-state index < -0.39 is 0 Å². The second-order valence-electron chi connectivity index (χ2n) is 1.79. The van der Waals surface area contributed by atoms with E-state index in [1.165, 1.54) is 0 Å². The molecule has 4 heteroatoms. The maximum atomic E-state index is 10.3. The molecule has 3 nitrogen and oxygen atoms in total. The molecule has 0 radical (unpaired) electrons. The molecule has 0 aromatic rings. The second kappa shape index (κ2) is 2.77. The van der Waals surface area contributed by atoms with Gasteiger partial charge in [-0.2, -0.15) is 0 Å². The van der Waals surface area contributed by atoms with E-state index in [0.717, 1.165) is 5.88 Å². The van der Waals surface area contributed by atoms with Gasteiger partial charge < -0.3 is 10.6 Å². The minimum Gasteiger partial charge on any atom is -0.368 e. The van der Waals surface area contributed by atoms with E-state index in [2.05, 4.69) is 0 Å². The van der Waals surface area contributed by atoms with Crippen LogP contribution in [0.2, 0.25) is 0 Å². The lowest BCUT2D eigenvalue weighted by Crippen LogP contribution is -2.27. The van der Waals surface area contributed by atoms with Crippen LogP contribution in [0.15, 0.2) is 11.6 Å². The molecule has 0 aliphatic carbocycles. The molecule has 0 saturated carbocycles. The van der Waals surface area contributed by atoms with Crippen LogP contribution in [0.25, 0.3) is 0 Å². The summed E-state index contributed by atoms with van der Waals surface area (Å²) in [4.78, 5) is 12.2. The first kappa shape index (κ1) is 6.48. The molecule has 0 saturated heterocycles. The normalized spacial score (nSPS) is 16.7. The molecule has 0 atom stereocenters. The molecule has 1 aliphatic rings. The van der Waals surface area contributed by atoms with Gasteiger partial charge in [-0.15, -0.1) is 11.8 Å². The zero-order valence-electron chi connectivity index (χ0n) is 4.91. The number of carbonyl (C=O) groups is 1. The van der Waals surface area contributed by atoms with Gasteiger partial charge in [0.15, 0.2) is 0 Å². The predicted octanol–water partition coefficient (Wildman–Crippen LogP) is -0.0508. The molecule has 1 amide bonds. The monoisotopic (exact) mass is 144 g/mol. The van der Waals surface area contributed by atoms with Gasteiger partial charge in [0, 0.05) is 6.20 Å². The van der Waals surface area contributed by atoms with E-state index >= 15 is 0 Å². The van der Waals surface area contributed by atoms with Gasteiger partial charge in [-0.05, 0) is 5.41 Å².